The Balaban J connectivity index is 2.39. The minimum absolute atomic E-state index is 0.116. The van der Waals surface area contributed by atoms with Crippen LogP contribution in [0.3, 0.4) is 0 Å². The van der Waals surface area contributed by atoms with Gasteiger partial charge >= 0.3 is 0 Å². The molecule has 0 saturated heterocycles. The molecule has 0 aromatic heterocycles. The molecule has 72 valence electrons. The molecule has 1 N–H and O–H groups in total. The smallest absolute Gasteiger partial charge is 0.109 e. The fourth-order valence-corrected chi connectivity index (χ4v) is 1.93. The van der Waals surface area contributed by atoms with Crippen molar-refractivity contribution in [2.45, 2.75) is 64.2 Å². The Bertz CT molecular complexity index is 158. The zero-order valence-electron chi connectivity index (χ0n) is 8.58. The Morgan fingerprint density at radius 1 is 1.42 bits per heavy atom. The van der Waals surface area contributed by atoms with Gasteiger partial charge in [0.2, 0.25) is 0 Å². The summed E-state index contributed by atoms with van der Waals surface area (Å²) in [6.45, 7) is 8.08. The molecule has 1 rings (SSSR count). The molecule has 0 heterocycles. The van der Waals surface area contributed by atoms with Crippen molar-refractivity contribution in [2.75, 3.05) is 0 Å². The normalized spacial score (nSPS) is 37.2. The van der Waals surface area contributed by atoms with Gasteiger partial charge in [0.15, 0.2) is 0 Å². The van der Waals surface area contributed by atoms with Crippen LogP contribution >= 0.6 is 0 Å². The Hall–Kier alpha value is -0.110. The van der Waals surface area contributed by atoms with Gasteiger partial charge in [-0.1, -0.05) is 0 Å². The summed E-state index contributed by atoms with van der Waals surface area (Å²) in [7, 11) is 0. The third-order valence-corrected chi connectivity index (χ3v) is 2.32. The Labute approximate surface area is 74.7 Å². The van der Waals surface area contributed by atoms with Crippen LogP contribution in [0.1, 0.15) is 47.0 Å². The standard InChI is InChI=1S/C10H20FN/c1-9(2,3)12-8-5-6-10(4,11)7-8/h8,12H,5-7H2,1-4H3/t8-,10?/m1/s1. The van der Waals surface area contributed by atoms with E-state index in [1.54, 1.807) is 6.92 Å². The topological polar surface area (TPSA) is 12.0 Å². The van der Waals surface area contributed by atoms with Crippen LogP contribution in [-0.2, 0) is 0 Å². The molecule has 1 unspecified atom stereocenters. The highest BCUT2D eigenvalue weighted by atomic mass is 19.1. The highest BCUT2D eigenvalue weighted by molar-refractivity contribution is 4.92. The Kier molecular flexibility index (Phi) is 2.48. The molecule has 0 spiro atoms. The van der Waals surface area contributed by atoms with Crippen molar-refractivity contribution in [1.29, 1.82) is 0 Å². The van der Waals surface area contributed by atoms with E-state index < -0.39 is 5.67 Å². The SMILES string of the molecule is CC1(F)CC[C@@H](NC(C)(C)C)C1. The summed E-state index contributed by atoms with van der Waals surface area (Å²) in [5.74, 6) is 0. The second kappa shape index (κ2) is 2.99. The Morgan fingerprint density at radius 3 is 2.33 bits per heavy atom. The molecule has 1 nitrogen and oxygen atoms in total. The van der Waals surface area contributed by atoms with E-state index in [9.17, 15) is 4.39 Å². The van der Waals surface area contributed by atoms with Gasteiger partial charge in [-0.2, -0.15) is 0 Å². The van der Waals surface area contributed by atoms with Gasteiger partial charge in [0.25, 0.3) is 0 Å². The number of nitrogens with one attached hydrogen (secondary N) is 1. The van der Waals surface area contributed by atoms with Crippen molar-refractivity contribution in [1.82, 2.24) is 5.32 Å². The van der Waals surface area contributed by atoms with Crippen LogP contribution in [0.15, 0.2) is 0 Å². The second-order valence-corrected chi connectivity index (χ2v) is 5.25. The minimum Gasteiger partial charge on any atom is -0.309 e. The molecule has 0 radical (unpaired) electrons. The summed E-state index contributed by atoms with van der Waals surface area (Å²) in [5, 5.41) is 3.43. The van der Waals surface area contributed by atoms with Gasteiger partial charge in [0.1, 0.15) is 5.67 Å². The van der Waals surface area contributed by atoms with Crippen molar-refractivity contribution < 1.29 is 4.39 Å². The minimum atomic E-state index is -0.928. The molecule has 2 heteroatoms. The molecule has 12 heavy (non-hydrogen) atoms. The van der Waals surface area contributed by atoms with Gasteiger partial charge < -0.3 is 5.32 Å². The van der Waals surface area contributed by atoms with E-state index in [2.05, 4.69) is 26.1 Å². The van der Waals surface area contributed by atoms with Gasteiger partial charge in [-0.15, -0.1) is 0 Å². The van der Waals surface area contributed by atoms with E-state index in [0.717, 1.165) is 6.42 Å². The van der Waals surface area contributed by atoms with Gasteiger partial charge in [-0.25, -0.2) is 4.39 Å². The molecular weight excluding hydrogens is 153 g/mol. The molecule has 1 saturated carbocycles. The first kappa shape index (κ1) is 9.97. The maximum atomic E-state index is 13.4. The molecule has 0 aliphatic heterocycles. The summed E-state index contributed by atoms with van der Waals surface area (Å²) in [6, 6.07) is 0.375. The van der Waals surface area contributed by atoms with Crippen LogP contribution in [-0.4, -0.2) is 17.2 Å². The van der Waals surface area contributed by atoms with Crippen molar-refractivity contribution in [2.24, 2.45) is 0 Å². The van der Waals surface area contributed by atoms with Crippen molar-refractivity contribution in [3.05, 3.63) is 0 Å². The summed E-state index contributed by atoms with van der Waals surface area (Å²) >= 11 is 0. The lowest BCUT2D eigenvalue weighted by Gasteiger charge is -2.26. The van der Waals surface area contributed by atoms with Crippen molar-refractivity contribution in [3.63, 3.8) is 0 Å². The molecule has 1 aliphatic rings. The number of halogens is 1. The van der Waals surface area contributed by atoms with E-state index in [1.165, 1.54) is 0 Å². The molecule has 2 atom stereocenters. The van der Waals surface area contributed by atoms with Crippen LogP contribution < -0.4 is 5.32 Å². The zero-order valence-corrected chi connectivity index (χ0v) is 8.58. The summed E-state index contributed by atoms with van der Waals surface area (Å²) in [4.78, 5) is 0. The van der Waals surface area contributed by atoms with Gasteiger partial charge in [0.05, 0.1) is 0 Å². The quantitative estimate of drug-likeness (QED) is 0.643. The molecule has 0 amide bonds. The van der Waals surface area contributed by atoms with E-state index >= 15 is 0 Å². The third-order valence-electron chi connectivity index (χ3n) is 2.32. The number of hydrogen-bond donors (Lipinski definition) is 1. The first-order chi connectivity index (χ1) is 5.29. The third kappa shape index (κ3) is 3.10. The lowest BCUT2D eigenvalue weighted by atomic mass is 10.0. The second-order valence-electron chi connectivity index (χ2n) is 5.25. The lowest BCUT2D eigenvalue weighted by Crippen LogP contribution is -2.42. The van der Waals surface area contributed by atoms with E-state index in [0.29, 0.717) is 18.9 Å². The van der Waals surface area contributed by atoms with E-state index in [-0.39, 0.29) is 5.54 Å². The van der Waals surface area contributed by atoms with Crippen LogP contribution in [0.4, 0.5) is 4.39 Å². The van der Waals surface area contributed by atoms with Gasteiger partial charge in [0, 0.05) is 11.6 Å². The predicted octanol–water partition coefficient (Wildman–Crippen LogP) is 2.66. The van der Waals surface area contributed by atoms with E-state index in [4.69, 9.17) is 0 Å². The van der Waals surface area contributed by atoms with Crippen molar-refractivity contribution in [3.8, 4) is 0 Å². The number of rotatable bonds is 1. The summed E-state index contributed by atoms with van der Waals surface area (Å²) < 4.78 is 13.4. The summed E-state index contributed by atoms with van der Waals surface area (Å²) in [5.41, 5.74) is -0.812. The number of alkyl halides is 1. The van der Waals surface area contributed by atoms with Crippen LogP contribution in [0, 0.1) is 0 Å². The average molecular weight is 173 g/mol. The zero-order chi connectivity index (χ0) is 9.41. The maximum absolute atomic E-state index is 13.4. The van der Waals surface area contributed by atoms with Gasteiger partial charge in [-0.05, 0) is 47.0 Å². The van der Waals surface area contributed by atoms with E-state index in [1.807, 2.05) is 0 Å². The monoisotopic (exact) mass is 173 g/mol. The largest absolute Gasteiger partial charge is 0.309 e. The highest BCUT2D eigenvalue weighted by Crippen LogP contribution is 2.33. The molecule has 1 aliphatic carbocycles. The molecule has 0 aromatic carbocycles. The average Bonchev–Trinajstić information content (AvgIpc) is 2.05. The highest BCUT2D eigenvalue weighted by Gasteiger charge is 2.36. The fourth-order valence-electron chi connectivity index (χ4n) is 1.93. The molecule has 0 aromatic rings. The first-order valence-corrected chi connectivity index (χ1v) is 4.75. The molecular formula is C10H20FN. The van der Waals surface area contributed by atoms with Crippen LogP contribution in [0.5, 0.6) is 0 Å². The maximum Gasteiger partial charge on any atom is 0.109 e. The number of hydrogen-bond acceptors (Lipinski definition) is 1. The van der Waals surface area contributed by atoms with Gasteiger partial charge in [-0.3, -0.25) is 0 Å². The van der Waals surface area contributed by atoms with Crippen LogP contribution in [0.2, 0.25) is 0 Å². The molecule has 0 bridgehead atoms. The molecule has 1 fully saturated rings. The summed E-state index contributed by atoms with van der Waals surface area (Å²) in [6.07, 6.45) is 2.36. The predicted molar refractivity (Wildman–Crippen MR) is 50.0 cm³/mol. The Morgan fingerprint density at radius 2 is 2.00 bits per heavy atom. The van der Waals surface area contributed by atoms with Crippen LogP contribution in [0.25, 0.3) is 0 Å². The fraction of sp³-hybridized carbons (Fsp3) is 1.00. The first-order valence-electron chi connectivity index (χ1n) is 4.75. The lowest BCUT2D eigenvalue weighted by molar-refractivity contribution is 0.191. The van der Waals surface area contributed by atoms with Crippen molar-refractivity contribution >= 4 is 0 Å².